The van der Waals surface area contributed by atoms with Gasteiger partial charge in [-0.05, 0) is 45.3 Å². The van der Waals surface area contributed by atoms with Gasteiger partial charge in [0.15, 0.2) is 0 Å². The number of hydrogen-bond acceptors (Lipinski definition) is 3. The second-order valence-electron chi connectivity index (χ2n) is 5.92. The van der Waals surface area contributed by atoms with Crippen molar-refractivity contribution in [1.29, 1.82) is 0 Å². The van der Waals surface area contributed by atoms with Gasteiger partial charge in [0.2, 0.25) is 0 Å². The molecule has 1 saturated carbocycles. The van der Waals surface area contributed by atoms with Crippen molar-refractivity contribution in [3.8, 4) is 0 Å². The molecule has 17 heavy (non-hydrogen) atoms. The zero-order valence-electron chi connectivity index (χ0n) is 11.3. The Morgan fingerprint density at radius 2 is 1.76 bits per heavy atom. The number of aliphatic hydroxyl groups excluding tert-OH is 1. The normalized spacial score (nSPS) is 27.9. The number of likely N-dealkylation sites (N-methyl/N-ethyl adjacent to an activating group) is 1. The second-order valence-corrected chi connectivity index (χ2v) is 5.92. The Hall–Kier alpha value is -0.120. The third kappa shape index (κ3) is 4.23. The fraction of sp³-hybridized carbons (Fsp3) is 1.00. The molecule has 1 heterocycles. The molecule has 3 heteroatoms. The van der Waals surface area contributed by atoms with E-state index in [1.54, 1.807) is 0 Å². The molecule has 1 saturated heterocycles. The van der Waals surface area contributed by atoms with E-state index < -0.39 is 0 Å². The minimum Gasteiger partial charge on any atom is -0.392 e. The van der Waals surface area contributed by atoms with Crippen molar-refractivity contribution in [2.75, 3.05) is 39.8 Å². The maximum absolute atomic E-state index is 10.3. The monoisotopic (exact) mass is 240 g/mol. The predicted octanol–water partition coefficient (Wildman–Crippen LogP) is 1.57. The number of rotatable bonds is 3. The second kappa shape index (κ2) is 6.72. The molecular formula is C14H28N2O. The molecule has 3 nitrogen and oxygen atoms in total. The average molecular weight is 240 g/mol. The highest BCUT2D eigenvalue weighted by atomic mass is 16.3. The van der Waals surface area contributed by atoms with Crippen molar-refractivity contribution in [1.82, 2.24) is 9.80 Å². The summed E-state index contributed by atoms with van der Waals surface area (Å²) in [6.07, 6.45) is 7.67. The van der Waals surface area contributed by atoms with Gasteiger partial charge in [-0.3, -0.25) is 4.90 Å². The minimum atomic E-state index is -0.0845. The predicted molar refractivity (Wildman–Crippen MR) is 71.1 cm³/mol. The van der Waals surface area contributed by atoms with E-state index in [0.29, 0.717) is 5.92 Å². The topological polar surface area (TPSA) is 26.7 Å². The first kappa shape index (κ1) is 13.3. The molecule has 1 aliphatic heterocycles. The summed E-state index contributed by atoms with van der Waals surface area (Å²) in [7, 11) is 2.20. The lowest BCUT2D eigenvalue weighted by atomic mass is 9.85. The Kier molecular flexibility index (Phi) is 5.26. The standard InChI is InChI=1S/C14H28N2O/c1-15-8-5-9-16(11-10-15)12-14(17)13-6-3-2-4-7-13/h13-14,17H,2-12H2,1H3. The van der Waals surface area contributed by atoms with E-state index in [-0.39, 0.29) is 6.10 Å². The summed E-state index contributed by atoms with van der Waals surface area (Å²) in [4.78, 5) is 4.86. The lowest BCUT2D eigenvalue weighted by Crippen LogP contribution is -2.39. The number of aliphatic hydroxyl groups is 1. The van der Waals surface area contributed by atoms with E-state index in [2.05, 4.69) is 16.8 Å². The fourth-order valence-corrected chi connectivity index (χ4v) is 3.22. The van der Waals surface area contributed by atoms with Crippen LogP contribution in [0.25, 0.3) is 0 Å². The molecule has 100 valence electrons. The molecule has 0 aromatic heterocycles. The van der Waals surface area contributed by atoms with Crippen molar-refractivity contribution in [3.63, 3.8) is 0 Å². The molecule has 0 aromatic rings. The van der Waals surface area contributed by atoms with Gasteiger partial charge in [0.1, 0.15) is 0 Å². The molecule has 0 spiro atoms. The first-order valence-electron chi connectivity index (χ1n) is 7.34. The fourth-order valence-electron chi connectivity index (χ4n) is 3.22. The van der Waals surface area contributed by atoms with E-state index in [9.17, 15) is 5.11 Å². The number of β-amino-alcohol motifs (C(OH)–C–C–N with tert-alkyl or cyclic N) is 1. The van der Waals surface area contributed by atoms with Gasteiger partial charge in [0, 0.05) is 19.6 Å². The lowest BCUT2D eigenvalue weighted by molar-refractivity contribution is 0.0489. The molecule has 1 atom stereocenters. The molecular weight excluding hydrogens is 212 g/mol. The van der Waals surface area contributed by atoms with Crippen LogP contribution < -0.4 is 0 Å². The van der Waals surface area contributed by atoms with E-state index >= 15 is 0 Å². The zero-order valence-corrected chi connectivity index (χ0v) is 11.3. The van der Waals surface area contributed by atoms with Crippen LogP contribution in [0.3, 0.4) is 0 Å². The largest absolute Gasteiger partial charge is 0.392 e. The first-order valence-corrected chi connectivity index (χ1v) is 7.34. The number of hydrogen-bond donors (Lipinski definition) is 1. The van der Waals surface area contributed by atoms with Gasteiger partial charge >= 0.3 is 0 Å². The van der Waals surface area contributed by atoms with Crippen molar-refractivity contribution >= 4 is 0 Å². The highest BCUT2D eigenvalue weighted by molar-refractivity contribution is 4.77. The van der Waals surface area contributed by atoms with Crippen molar-refractivity contribution in [2.24, 2.45) is 5.92 Å². The Morgan fingerprint density at radius 1 is 1.00 bits per heavy atom. The highest BCUT2D eigenvalue weighted by Gasteiger charge is 2.24. The van der Waals surface area contributed by atoms with Crippen LogP contribution in [0, 0.1) is 5.92 Å². The van der Waals surface area contributed by atoms with Gasteiger partial charge in [-0.25, -0.2) is 0 Å². The molecule has 1 unspecified atom stereocenters. The van der Waals surface area contributed by atoms with Crippen molar-refractivity contribution in [3.05, 3.63) is 0 Å². The summed E-state index contributed by atoms with van der Waals surface area (Å²) in [5, 5.41) is 10.3. The maximum atomic E-state index is 10.3. The summed E-state index contributed by atoms with van der Waals surface area (Å²) >= 11 is 0. The third-order valence-electron chi connectivity index (χ3n) is 4.45. The SMILES string of the molecule is CN1CCCN(CC(O)C2CCCCC2)CC1. The third-order valence-corrected chi connectivity index (χ3v) is 4.45. The van der Waals surface area contributed by atoms with Crippen LogP contribution in [0.1, 0.15) is 38.5 Å². The molecule has 0 aromatic carbocycles. The summed E-state index contributed by atoms with van der Waals surface area (Å²) in [5.41, 5.74) is 0. The maximum Gasteiger partial charge on any atom is 0.0695 e. The smallest absolute Gasteiger partial charge is 0.0695 e. The van der Waals surface area contributed by atoms with Crippen LogP contribution in [0.4, 0.5) is 0 Å². The van der Waals surface area contributed by atoms with Crippen LogP contribution in [0.2, 0.25) is 0 Å². The molecule has 2 fully saturated rings. The molecule has 2 aliphatic rings. The summed E-state index contributed by atoms with van der Waals surface area (Å²) in [6.45, 7) is 5.54. The Bertz CT molecular complexity index is 216. The van der Waals surface area contributed by atoms with Crippen LogP contribution in [-0.4, -0.2) is 60.8 Å². The van der Waals surface area contributed by atoms with Crippen LogP contribution in [0.5, 0.6) is 0 Å². The summed E-state index contributed by atoms with van der Waals surface area (Å²) in [6, 6.07) is 0. The van der Waals surface area contributed by atoms with E-state index in [4.69, 9.17) is 0 Å². The molecule has 1 aliphatic carbocycles. The molecule has 0 amide bonds. The Labute approximate surface area is 106 Å². The van der Waals surface area contributed by atoms with Gasteiger partial charge in [-0.2, -0.15) is 0 Å². The van der Waals surface area contributed by atoms with Gasteiger partial charge in [0.25, 0.3) is 0 Å². The lowest BCUT2D eigenvalue weighted by Gasteiger charge is -2.30. The quantitative estimate of drug-likeness (QED) is 0.811. The van der Waals surface area contributed by atoms with E-state index in [1.807, 2.05) is 0 Å². The molecule has 2 rings (SSSR count). The van der Waals surface area contributed by atoms with Gasteiger partial charge < -0.3 is 10.0 Å². The number of nitrogens with zero attached hydrogens (tertiary/aromatic N) is 2. The summed E-state index contributed by atoms with van der Waals surface area (Å²) in [5.74, 6) is 0.574. The van der Waals surface area contributed by atoms with Gasteiger partial charge in [-0.15, -0.1) is 0 Å². The van der Waals surface area contributed by atoms with E-state index in [1.165, 1.54) is 45.1 Å². The van der Waals surface area contributed by atoms with Gasteiger partial charge in [0.05, 0.1) is 6.10 Å². The average Bonchev–Trinajstić information content (AvgIpc) is 2.56. The zero-order chi connectivity index (χ0) is 12.1. The van der Waals surface area contributed by atoms with Crippen LogP contribution >= 0.6 is 0 Å². The molecule has 0 bridgehead atoms. The summed E-state index contributed by atoms with van der Waals surface area (Å²) < 4.78 is 0. The first-order chi connectivity index (χ1) is 8.25. The van der Waals surface area contributed by atoms with Gasteiger partial charge in [-0.1, -0.05) is 19.3 Å². The molecule has 0 radical (unpaired) electrons. The minimum absolute atomic E-state index is 0.0845. The van der Waals surface area contributed by atoms with Crippen molar-refractivity contribution < 1.29 is 5.11 Å². The molecule has 1 N–H and O–H groups in total. The van der Waals surface area contributed by atoms with Crippen molar-refractivity contribution in [2.45, 2.75) is 44.6 Å². The van der Waals surface area contributed by atoms with Crippen LogP contribution in [0.15, 0.2) is 0 Å². The Morgan fingerprint density at radius 3 is 2.53 bits per heavy atom. The Balaban J connectivity index is 1.74. The van der Waals surface area contributed by atoms with Crippen LogP contribution in [-0.2, 0) is 0 Å². The van der Waals surface area contributed by atoms with E-state index in [0.717, 1.165) is 26.2 Å². The highest BCUT2D eigenvalue weighted by Crippen LogP contribution is 2.26.